The zero-order chi connectivity index (χ0) is 21.8. The first-order valence-corrected chi connectivity index (χ1v) is 9.51. The SMILES string of the molecule is CC(=O)Nc1cc(C)c2c(c1)c1cc(C)cc(C)c1[o+]2-c1cccc(C(F)(F)F)c1. The van der Waals surface area contributed by atoms with Gasteiger partial charge >= 0.3 is 6.18 Å². The number of fused-ring (bicyclic) bond motifs is 3. The molecule has 0 atom stereocenters. The van der Waals surface area contributed by atoms with E-state index in [0.29, 0.717) is 11.4 Å². The number of amides is 1. The van der Waals surface area contributed by atoms with Crippen LogP contribution in [0.5, 0.6) is 0 Å². The van der Waals surface area contributed by atoms with Crippen LogP contribution in [0.25, 0.3) is 27.7 Å². The summed E-state index contributed by atoms with van der Waals surface area (Å²) in [6.07, 6.45) is -4.44. The summed E-state index contributed by atoms with van der Waals surface area (Å²) >= 11 is 0. The first-order chi connectivity index (χ1) is 14.1. The summed E-state index contributed by atoms with van der Waals surface area (Å²) in [6, 6.07) is 13.0. The van der Waals surface area contributed by atoms with Crippen molar-refractivity contribution in [2.45, 2.75) is 33.9 Å². The van der Waals surface area contributed by atoms with Crippen molar-refractivity contribution in [1.29, 1.82) is 0 Å². The Labute approximate surface area is 171 Å². The molecule has 1 N–H and O–H groups in total. The van der Waals surface area contributed by atoms with Gasteiger partial charge in [-0.15, -0.1) is 0 Å². The summed E-state index contributed by atoms with van der Waals surface area (Å²) in [7, 11) is 0. The van der Waals surface area contributed by atoms with Crippen molar-refractivity contribution in [3.8, 4) is 5.75 Å². The number of benzene rings is 3. The Balaban J connectivity index is 2.15. The fourth-order valence-electron chi connectivity index (χ4n) is 4.08. The molecule has 30 heavy (non-hydrogen) atoms. The molecular weight excluding hydrogens is 391 g/mol. The van der Waals surface area contributed by atoms with E-state index in [1.54, 1.807) is 6.07 Å². The number of hydrogen-bond donors (Lipinski definition) is 1. The van der Waals surface area contributed by atoms with Crippen LogP contribution < -0.4 is 5.32 Å². The molecule has 0 saturated heterocycles. The van der Waals surface area contributed by atoms with E-state index in [1.165, 1.54) is 13.0 Å². The van der Waals surface area contributed by atoms with Gasteiger partial charge in [0.25, 0.3) is 16.9 Å². The number of halogens is 3. The Hall–Kier alpha value is -3.28. The molecule has 1 heterocycles. The summed E-state index contributed by atoms with van der Waals surface area (Å²) in [6.45, 7) is 7.24. The lowest BCUT2D eigenvalue weighted by Gasteiger charge is -2.11. The molecule has 0 radical (unpaired) electrons. The van der Waals surface area contributed by atoms with E-state index in [9.17, 15) is 18.0 Å². The highest BCUT2D eigenvalue weighted by Gasteiger charge is 2.33. The Morgan fingerprint density at radius 2 is 1.53 bits per heavy atom. The molecule has 0 fully saturated rings. The number of aryl methyl sites for hydroxylation is 3. The molecule has 4 aromatic rings. The van der Waals surface area contributed by atoms with Gasteiger partial charge in [-0.2, -0.15) is 13.2 Å². The molecule has 3 aromatic carbocycles. The Kier molecular flexibility index (Phi) is 4.60. The molecule has 0 aliphatic heterocycles. The third-order valence-electron chi connectivity index (χ3n) is 5.11. The molecule has 0 unspecified atom stereocenters. The fraction of sp³-hybridized carbons (Fsp3) is 0.208. The van der Waals surface area contributed by atoms with Crippen molar-refractivity contribution in [3.63, 3.8) is 0 Å². The third-order valence-corrected chi connectivity index (χ3v) is 5.11. The van der Waals surface area contributed by atoms with Crippen LogP contribution >= 0.6 is 0 Å². The lowest BCUT2D eigenvalue weighted by Crippen LogP contribution is -2.05. The maximum atomic E-state index is 13.4. The number of carbonyl (C=O) groups excluding carboxylic acids is 1. The maximum Gasteiger partial charge on any atom is 0.416 e. The van der Waals surface area contributed by atoms with Crippen LogP contribution in [0.1, 0.15) is 29.2 Å². The van der Waals surface area contributed by atoms with E-state index in [-0.39, 0.29) is 5.91 Å². The zero-order valence-electron chi connectivity index (χ0n) is 17.1. The number of alkyl halides is 3. The van der Waals surface area contributed by atoms with Crippen molar-refractivity contribution in [3.05, 3.63) is 70.8 Å². The zero-order valence-corrected chi connectivity index (χ0v) is 17.1. The van der Waals surface area contributed by atoms with E-state index in [2.05, 4.69) is 9.36 Å². The molecule has 0 saturated carbocycles. The minimum absolute atomic E-state index is 0.185. The molecule has 0 bridgehead atoms. The van der Waals surface area contributed by atoms with Gasteiger partial charge in [0.2, 0.25) is 5.91 Å². The number of hydrogen-bond acceptors (Lipinski definition) is 1. The predicted octanol–water partition coefficient (Wildman–Crippen LogP) is 7.17. The third kappa shape index (κ3) is 3.32. The summed E-state index contributed by atoms with van der Waals surface area (Å²) in [5, 5.41) is 4.56. The van der Waals surface area contributed by atoms with Crippen molar-refractivity contribution >= 4 is 33.5 Å². The number of rotatable bonds is 2. The largest absolute Gasteiger partial charge is 0.498 e. The van der Waals surface area contributed by atoms with Crippen molar-refractivity contribution in [2.75, 3.05) is 5.32 Å². The second-order valence-corrected chi connectivity index (χ2v) is 7.64. The van der Waals surface area contributed by atoms with Gasteiger partial charge in [0.15, 0.2) is 0 Å². The molecule has 0 aliphatic carbocycles. The Morgan fingerprint density at radius 3 is 2.17 bits per heavy atom. The molecular formula is C24H21F3NO2+. The van der Waals surface area contributed by atoms with Crippen LogP contribution in [0.2, 0.25) is 0 Å². The monoisotopic (exact) mass is 412 g/mol. The highest BCUT2D eigenvalue weighted by Crippen LogP contribution is 2.44. The van der Waals surface area contributed by atoms with Gasteiger partial charge in [0, 0.05) is 35.9 Å². The Morgan fingerprint density at radius 1 is 0.900 bits per heavy atom. The minimum atomic E-state index is -4.44. The topological polar surface area (TPSA) is 31.8 Å². The first kappa shape index (κ1) is 20.0. The van der Waals surface area contributed by atoms with Crippen LogP contribution in [0.15, 0.2) is 52.6 Å². The number of carbonyl (C=O) groups is 1. The molecule has 0 spiro atoms. The van der Waals surface area contributed by atoms with E-state index in [1.807, 2.05) is 45.0 Å². The normalized spacial score (nSPS) is 12.0. The minimum Gasteiger partial charge on any atom is -0.498 e. The molecule has 1 aromatic heterocycles. The molecule has 4 rings (SSSR count). The van der Waals surface area contributed by atoms with Crippen LogP contribution in [0.4, 0.5) is 18.9 Å². The summed E-state index contributed by atoms with van der Waals surface area (Å²) < 4.78 is 43.1. The van der Waals surface area contributed by atoms with Gasteiger partial charge in [-0.25, -0.2) is 0 Å². The van der Waals surface area contributed by atoms with Crippen LogP contribution in [0.3, 0.4) is 0 Å². The second-order valence-electron chi connectivity index (χ2n) is 7.64. The fourth-order valence-corrected chi connectivity index (χ4v) is 4.08. The molecule has 1 amide bonds. The van der Waals surface area contributed by atoms with E-state index >= 15 is 0 Å². The van der Waals surface area contributed by atoms with Gasteiger partial charge < -0.3 is 9.36 Å². The highest BCUT2D eigenvalue weighted by molar-refractivity contribution is 6.10. The van der Waals surface area contributed by atoms with Crippen molar-refractivity contribution < 1.29 is 22.0 Å². The molecule has 3 nitrogen and oxygen atoms in total. The lowest BCUT2D eigenvalue weighted by atomic mass is 10.0. The molecule has 154 valence electrons. The van der Waals surface area contributed by atoms with Crippen molar-refractivity contribution in [2.24, 2.45) is 0 Å². The molecule has 6 heteroatoms. The predicted molar refractivity (Wildman–Crippen MR) is 113 cm³/mol. The average Bonchev–Trinajstić information content (AvgIpc) is 2.96. The van der Waals surface area contributed by atoms with Gasteiger partial charge in [-0.1, -0.05) is 6.07 Å². The first-order valence-electron chi connectivity index (χ1n) is 9.51. The van der Waals surface area contributed by atoms with Crippen LogP contribution in [-0.2, 0) is 11.0 Å². The Bertz CT molecular complexity index is 1320. The van der Waals surface area contributed by atoms with Gasteiger partial charge in [-0.05, 0) is 56.7 Å². The highest BCUT2D eigenvalue weighted by atomic mass is 19.4. The number of nitrogens with one attached hydrogen (secondary N) is 1. The summed E-state index contributed by atoms with van der Waals surface area (Å²) in [5.41, 5.74) is 4.27. The van der Waals surface area contributed by atoms with E-state index in [0.717, 1.165) is 50.8 Å². The summed E-state index contributed by atoms with van der Waals surface area (Å²) in [5.74, 6) is 0.183. The van der Waals surface area contributed by atoms with E-state index < -0.39 is 11.7 Å². The number of anilines is 1. The average molecular weight is 412 g/mol. The van der Waals surface area contributed by atoms with Crippen molar-refractivity contribution in [1.82, 2.24) is 0 Å². The van der Waals surface area contributed by atoms with Gasteiger partial charge in [0.05, 0.1) is 16.3 Å². The van der Waals surface area contributed by atoms with Crippen LogP contribution in [0, 0.1) is 20.8 Å². The molecule has 0 aliphatic rings. The standard InChI is InChI=1S/C24H20F3NO2/c1-13-8-14(2)22-20(9-13)21-12-18(28-16(4)29)10-15(3)23(21)30(22)19-7-5-6-17(11-19)24(25,26)27/h5-12H,1-4H3/p+1. The number of furan rings is 1. The summed E-state index contributed by atoms with van der Waals surface area (Å²) in [4.78, 5) is 11.6. The maximum absolute atomic E-state index is 13.4. The van der Waals surface area contributed by atoms with Gasteiger partial charge in [0.1, 0.15) is 0 Å². The quantitative estimate of drug-likeness (QED) is 0.348. The van der Waals surface area contributed by atoms with Crippen LogP contribution in [-0.4, -0.2) is 5.91 Å². The smallest absolute Gasteiger partial charge is 0.416 e. The second kappa shape index (κ2) is 6.90. The van der Waals surface area contributed by atoms with Gasteiger partial charge in [-0.3, -0.25) is 4.79 Å². The van der Waals surface area contributed by atoms with E-state index in [4.69, 9.17) is 0 Å². The lowest BCUT2D eigenvalue weighted by molar-refractivity contribution is -0.137.